The van der Waals surface area contributed by atoms with Gasteiger partial charge in [0.15, 0.2) is 0 Å². The fraction of sp³-hybridized carbons (Fsp3) is 0.259. The summed E-state index contributed by atoms with van der Waals surface area (Å²) in [6.07, 6.45) is 10.2. The second-order valence-corrected chi connectivity index (χ2v) is 8.20. The molecule has 1 aliphatic carbocycles. The molecule has 0 spiro atoms. The van der Waals surface area contributed by atoms with Gasteiger partial charge in [-0.3, -0.25) is 4.98 Å². The molecule has 4 nitrogen and oxygen atoms in total. The van der Waals surface area contributed by atoms with Gasteiger partial charge in [-0.25, -0.2) is 4.79 Å². The molecule has 0 fully saturated rings. The van der Waals surface area contributed by atoms with Gasteiger partial charge in [-0.1, -0.05) is 30.9 Å². The van der Waals surface area contributed by atoms with Gasteiger partial charge in [0.25, 0.3) is 0 Å². The number of aromatic nitrogens is 1. The van der Waals surface area contributed by atoms with Crippen LogP contribution in [0.3, 0.4) is 0 Å². The van der Waals surface area contributed by atoms with Crippen molar-refractivity contribution >= 4 is 23.4 Å². The average Bonchev–Trinajstić information content (AvgIpc) is 2.82. The van der Waals surface area contributed by atoms with Gasteiger partial charge in [-0.2, -0.15) is 0 Å². The molecule has 1 aliphatic rings. The quantitative estimate of drug-likeness (QED) is 0.499. The first-order chi connectivity index (χ1) is 15.1. The van der Waals surface area contributed by atoms with Gasteiger partial charge < -0.3 is 10.0 Å². The van der Waals surface area contributed by atoms with Crippen LogP contribution in [-0.4, -0.2) is 23.1 Å². The number of fused-ring (bicyclic) bond motifs is 1. The van der Waals surface area contributed by atoms with Crippen molar-refractivity contribution in [2.75, 3.05) is 11.9 Å². The molecule has 4 rings (SSSR count). The Hall–Kier alpha value is -3.40. The number of rotatable bonds is 7. The molecular formula is C27H28N2O2. The second-order valence-electron chi connectivity index (χ2n) is 8.20. The van der Waals surface area contributed by atoms with E-state index in [-0.39, 0.29) is 0 Å². The van der Waals surface area contributed by atoms with Crippen LogP contribution in [-0.2, 0) is 12.8 Å². The number of hydrogen-bond donors (Lipinski definition) is 1. The Bertz CT molecular complexity index is 1090. The molecule has 1 atom stereocenters. The number of anilines is 2. The van der Waals surface area contributed by atoms with Crippen LogP contribution in [0.2, 0.25) is 0 Å². The summed E-state index contributed by atoms with van der Waals surface area (Å²) in [5.41, 5.74) is 7.46. The maximum atomic E-state index is 11.5. The first kappa shape index (κ1) is 20.9. The topological polar surface area (TPSA) is 53.4 Å². The number of hydrogen-bond acceptors (Lipinski definition) is 3. The van der Waals surface area contributed by atoms with Crippen LogP contribution >= 0.6 is 0 Å². The summed E-state index contributed by atoms with van der Waals surface area (Å²) >= 11 is 0. The van der Waals surface area contributed by atoms with Crippen LogP contribution in [0, 0.1) is 0 Å². The first-order valence-corrected chi connectivity index (χ1v) is 10.8. The van der Waals surface area contributed by atoms with E-state index in [0.29, 0.717) is 11.5 Å². The lowest BCUT2D eigenvalue weighted by Gasteiger charge is -2.28. The zero-order valence-corrected chi connectivity index (χ0v) is 17.9. The van der Waals surface area contributed by atoms with Gasteiger partial charge >= 0.3 is 5.97 Å². The highest BCUT2D eigenvalue weighted by atomic mass is 16.4. The van der Waals surface area contributed by atoms with E-state index in [1.165, 1.54) is 16.8 Å². The zero-order chi connectivity index (χ0) is 21.8. The fourth-order valence-corrected chi connectivity index (χ4v) is 4.56. The van der Waals surface area contributed by atoms with Crippen molar-refractivity contribution < 1.29 is 9.90 Å². The van der Waals surface area contributed by atoms with E-state index >= 15 is 0 Å². The molecule has 2 aromatic carbocycles. The Kier molecular flexibility index (Phi) is 6.17. The van der Waals surface area contributed by atoms with Crippen LogP contribution in [0.5, 0.6) is 0 Å². The summed E-state index contributed by atoms with van der Waals surface area (Å²) in [6.45, 7) is 3.82. The SMILES string of the molecule is C=Cc1ccc(N(C)c2ccc3c(c2)CCC[C@H]3CCc2cnccc2C(=O)O)cc1. The number of carboxylic acids is 1. The number of carbonyl (C=O) groups is 1. The minimum atomic E-state index is -0.879. The second kappa shape index (κ2) is 9.17. The Morgan fingerprint density at radius 3 is 2.71 bits per heavy atom. The number of nitrogens with zero attached hydrogens (tertiary/aromatic N) is 2. The number of aryl methyl sites for hydroxylation is 2. The summed E-state index contributed by atoms with van der Waals surface area (Å²) in [6, 6.07) is 16.8. The maximum absolute atomic E-state index is 11.5. The fourth-order valence-electron chi connectivity index (χ4n) is 4.56. The van der Waals surface area contributed by atoms with Gasteiger partial charge in [0.05, 0.1) is 5.56 Å². The number of aromatic carboxylic acids is 1. The minimum Gasteiger partial charge on any atom is -0.478 e. The van der Waals surface area contributed by atoms with Gasteiger partial charge in [0.1, 0.15) is 0 Å². The lowest BCUT2D eigenvalue weighted by Crippen LogP contribution is -2.14. The largest absolute Gasteiger partial charge is 0.478 e. The van der Waals surface area contributed by atoms with Crippen LogP contribution in [0.1, 0.15) is 57.8 Å². The normalized spacial score (nSPS) is 15.2. The standard InChI is InChI=1S/C27H28N2O2/c1-3-19-7-11-23(12-8-19)29(2)24-13-14-25-20(5-4-6-21(25)17-24)9-10-22-18-28-16-15-26(22)27(30)31/h3,7-8,11-18,20H,1,4-6,9-10H2,2H3,(H,30,31)/t20-/m0/s1. The summed E-state index contributed by atoms with van der Waals surface area (Å²) in [4.78, 5) is 17.8. The smallest absolute Gasteiger partial charge is 0.336 e. The molecule has 4 heteroatoms. The average molecular weight is 413 g/mol. The Labute approximate surface area is 183 Å². The third-order valence-electron chi connectivity index (χ3n) is 6.36. The van der Waals surface area contributed by atoms with E-state index in [1.807, 2.05) is 6.08 Å². The van der Waals surface area contributed by atoms with Crippen molar-refractivity contribution in [3.63, 3.8) is 0 Å². The van der Waals surface area contributed by atoms with Gasteiger partial charge in [0, 0.05) is 30.8 Å². The van der Waals surface area contributed by atoms with E-state index in [1.54, 1.807) is 18.5 Å². The van der Waals surface area contributed by atoms with E-state index in [0.717, 1.165) is 48.9 Å². The molecule has 3 aromatic rings. The van der Waals surface area contributed by atoms with E-state index < -0.39 is 5.97 Å². The lowest BCUT2D eigenvalue weighted by atomic mass is 9.79. The van der Waals surface area contributed by atoms with Gasteiger partial charge in [-0.15, -0.1) is 0 Å². The van der Waals surface area contributed by atoms with Crippen molar-refractivity contribution in [2.24, 2.45) is 0 Å². The molecule has 0 saturated carbocycles. The predicted molar refractivity (Wildman–Crippen MR) is 126 cm³/mol. The third kappa shape index (κ3) is 4.53. The Morgan fingerprint density at radius 2 is 1.97 bits per heavy atom. The molecule has 1 N–H and O–H groups in total. The van der Waals surface area contributed by atoms with E-state index in [9.17, 15) is 9.90 Å². The molecule has 0 unspecified atom stereocenters. The molecular weight excluding hydrogens is 384 g/mol. The van der Waals surface area contributed by atoms with Crippen LogP contribution < -0.4 is 4.90 Å². The van der Waals surface area contributed by atoms with Crippen LogP contribution in [0.25, 0.3) is 6.08 Å². The lowest BCUT2D eigenvalue weighted by molar-refractivity contribution is 0.0695. The molecule has 0 aliphatic heterocycles. The summed E-state index contributed by atoms with van der Waals surface area (Å²) in [5.74, 6) is -0.424. The predicted octanol–water partition coefficient (Wildman–Crippen LogP) is 6.24. The minimum absolute atomic E-state index is 0.366. The summed E-state index contributed by atoms with van der Waals surface area (Å²) < 4.78 is 0. The highest BCUT2D eigenvalue weighted by molar-refractivity contribution is 5.89. The van der Waals surface area contributed by atoms with Crippen molar-refractivity contribution in [1.82, 2.24) is 4.98 Å². The van der Waals surface area contributed by atoms with Gasteiger partial charge in [-0.05, 0) is 90.6 Å². The van der Waals surface area contributed by atoms with Crippen molar-refractivity contribution in [3.8, 4) is 0 Å². The summed E-state index contributed by atoms with van der Waals surface area (Å²) in [7, 11) is 2.10. The van der Waals surface area contributed by atoms with Crippen molar-refractivity contribution in [1.29, 1.82) is 0 Å². The van der Waals surface area contributed by atoms with Crippen LogP contribution in [0.15, 0.2) is 67.5 Å². The third-order valence-corrected chi connectivity index (χ3v) is 6.36. The molecule has 1 heterocycles. The van der Waals surface area contributed by atoms with E-state index in [4.69, 9.17) is 0 Å². The molecule has 1 aromatic heterocycles. The Balaban J connectivity index is 1.52. The molecule has 158 valence electrons. The van der Waals surface area contributed by atoms with Crippen molar-refractivity contribution in [3.05, 3.63) is 95.3 Å². The van der Waals surface area contributed by atoms with E-state index in [2.05, 4.69) is 66.0 Å². The first-order valence-electron chi connectivity index (χ1n) is 10.8. The summed E-state index contributed by atoms with van der Waals surface area (Å²) in [5, 5.41) is 9.43. The molecule has 0 bridgehead atoms. The monoisotopic (exact) mass is 412 g/mol. The van der Waals surface area contributed by atoms with Crippen LogP contribution in [0.4, 0.5) is 11.4 Å². The maximum Gasteiger partial charge on any atom is 0.336 e. The molecule has 0 radical (unpaired) electrons. The molecule has 31 heavy (non-hydrogen) atoms. The van der Waals surface area contributed by atoms with Gasteiger partial charge in [0.2, 0.25) is 0 Å². The number of pyridine rings is 1. The highest BCUT2D eigenvalue weighted by Crippen LogP contribution is 2.37. The number of carboxylic acid groups (broad SMARTS) is 1. The zero-order valence-electron chi connectivity index (χ0n) is 17.9. The highest BCUT2D eigenvalue weighted by Gasteiger charge is 2.22. The Morgan fingerprint density at radius 1 is 1.19 bits per heavy atom. The number of benzene rings is 2. The molecule has 0 saturated heterocycles. The molecule has 0 amide bonds. The van der Waals surface area contributed by atoms with Crippen molar-refractivity contribution in [2.45, 2.75) is 38.0 Å².